The van der Waals surface area contributed by atoms with Crippen molar-refractivity contribution < 1.29 is 14.3 Å². The molecule has 0 aliphatic rings. The quantitative estimate of drug-likeness (QED) is 0.351. The Morgan fingerprint density at radius 1 is 1.00 bits per heavy atom. The Bertz CT molecular complexity index is 1030. The van der Waals surface area contributed by atoms with E-state index in [2.05, 4.69) is 35.1 Å². The number of amides is 2. The Balaban J connectivity index is 1.77. The maximum absolute atomic E-state index is 13.1. The smallest absolute Gasteiger partial charge is 0.322 e. The number of rotatable bonds is 9. The molecule has 0 spiro atoms. The highest BCUT2D eigenvalue weighted by Crippen LogP contribution is 2.30. The summed E-state index contributed by atoms with van der Waals surface area (Å²) in [6.45, 7) is 5.03. The van der Waals surface area contributed by atoms with Crippen LogP contribution in [0.2, 0.25) is 0 Å². The Morgan fingerprint density at radius 2 is 1.78 bits per heavy atom. The van der Waals surface area contributed by atoms with E-state index in [-0.39, 0.29) is 12.1 Å². The van der Waals surface area contributed by atoms with Crippen molar-refractivity contribution >= 4 is 27.6 Å². The van der Waals surface area contributed by atoms with Crippen LogP contribution in [0.3, 0.4) is 0 Å². The molecule has 0 aromatic heterocycles. The van der Waals surface area contributed by atoms with Gasteiger partial charge in [0.2, 0.25) is 0 Å². The molecular weight excluding hydrogens is 468 g/mol. The van der Waals surface area contributed by atoms with Crippen molar-refractivity contribution in [2.24, 2.45) is 0 Å². The third-order valence-electron chi connectivity index (χ3n) is 5.28. The van der Waals surface area contributed by atoms with Gasteiger partial charge in [-0.3, -0.25) is 0 Å². The summed E-state index contributed by atoms with van der Waals surface area (Å²) in [7, 11) is 1.63. The van der Waals surface area contributed by atoms with Gasteiger partial charge in [0.15, 0.2) is 11.5 Å². The minimum atomic E-state index is -0.139. The van der Waals surface area contributed by atoms with Crippen LogP contribution in [0.5, 0.6) is 11.5 Å². The van der Waals surface area contributed by atoms with E-state index >= 15 is 0 Å². The van der Waals surface area contributed by atoms with Crippen LogP contribution in [0.4, 0.5) is 10.5 Å². The molecule has 0 saturated heterocycles. The molecule has 1 atom stereocenters. The van der Waals surface area contributed by atoms with Crippen LogP contribution < -0.4 is 14.8 Å². The second-order valence-electron chi connectivity index (χ2n) is 7.59. The van der Waals surface area contributed by atoms with Gasteiger partial charge >= 0.3 is 6.03 Å². The molecule has 32 heavy (non-hydrogen) atoms. The molecule has 0 fully saturated rings. The topological polar surface area (TPSA) is 50.8 Å². The molecule has 3 aromatic carbocycles. The van der Waals surface area contributed by atoms with Crippen molar-refractivity contribution in [2.45, 2.75) is 39.5 Å². The van der Waals surface area contributed by atoms with E-state index in [9.17, 15) is 4.79 Å². The number of nitrogens with zero attached hydrogens (tertiary/aromatic N) is 1. The molecule has 0 heterocycles. The van der Waals surface area contributed by atoms with Crippen molar-refractivity contribution in [2.75, 3.05) is 12.4 Å². The highest BCUT2D eigenvalue weighted by Gasteiger charge is 2.20. The molecule has 0 bridgehead atoms. The summed E-state index contributed by atoms with van der Waals surface area (Å²) < 4.78 is 12.4. The number of methoxy groups -OCH3 is 1. The minimum absolute atomic E-state index is 0.0675. The average molecular weight is 497 g/mol. The minimum Gasteiger partial charge on any atom is -0.493 e. The molecule has 3 aromatic rings. The van der Waals surface area contributed by atoms with E-state index in [1.807, 2.05) is 77.7 Å². The Labute approximate surface area is 198 Å². The highest BCUT2D eigenvalue weighted by atomic mass is 79.9. The lowest BCUT2D eigenvalue weighted by Crippen LogP contribution is -2.40. The Morgan fingerprint density at radius 3 is 2.47 bits per heavy atom. The van der Waals surface area contributed by atoms with Gasteiger partial charge in [-0.1, -0.05) is 65.3 Å². The average Bonchev–Trinajstić information content (AvgIpc) is 2.81. The summed E-state index contributed by atoms with van der Waals surface area (Å²) in [4.78, 5) is 14.9. The fourth-order valence-corrected chi connectivity index (χ4v) is 3.67. The van der Waals surface area contributed by atoms with Crippen LogP contribution in [0.15, 0.2) is 77.3 Å². The fraction of sp³-hybridized carbons (Fsp3) is 0.269. The highest BCUT2D eigenvalue weighted by molar-refractivity contribution is 9.10. The van der Waals surface area contributed by atoms with E-state index in [1.165, 1.54) is 0 Å². The van der Waals surface area contributed by atoms with Crippen molar-refractivity contribution in [3.05, 3.63) is 88.4 Å². The number of benzene rings is 3. The maximum Gasteiger partial charge on any atom is 0.322 e. The van der Waals surface area contributed by atoms with Gasteiger partial charge in [0.05, 0.1) is 7.11 Å². The molecule has 0 aliphatic heterocycles. The third kappa shape index (κ3) is 6.50. The number of halogens is 1. The number of ether oxygens (including phenoxy) is 2. The molecular formula is C26H29BrN2O3. The van der Waals surface area contributed by atoms with Crippen molar-refractivity contribution in [3.63, 3.8) is 0 Å². The number of nitrogens with one attached hydrogen (secondary N) is 1. The second-order valence-corrected chi connectivity index (χ2v) is 8.50. The summed E-state index contributed by atoms with van der Waals surface area (Å²) in [5.41, 5.74) is 2.80. The number of hydrogen-bond acceptors (Lipinski definition) is 3. The van der Waals surface area contributed by atoms with Crippen molar-refractivity contribution in [1.82, 2.24) is 4.90 Å². The van der Waals surface area contributed by atoms with E-state index in [0.717, 1.165) is 27.7 Å². The van der Waals surface area contributed by atoms with Gasteiger partial charge in [0.25, 0.3) is 0 Å². The predicted octanol–water partition coefficient (Wildman–Crippen LogP) is 6.87. The maximum atomic E-state index is 13.1. The van der Waals surface area contributed by atoms with Gasteiger partial charge in [-0.2, -0.15) is 0 Å². The van der Waals surface area contributed by atoms with Crippen LogP contribution in [0.25, 0.3) is 0 Å². The first kappa shape index (κ1) is 23.7. The van der Waals surface area contributed by atoms with E-state index < -0.39 is 0 Å². The van der Waals surface area contributed by atoms with E-state index in [1.54, 1.807) is 7.11 Å². The standard InChI is InChI=1S/C26H29BrN2O3/c1-4-19(2)29(26(30)28-23-12-8-11-22(27)16-23)17-21-13-14-24(31-3)25(15-21)32-18-20-9-6-5-7-10-20/h5-16,19H,4,17-18H2,1-3H3,(H,28,30). The van der Waals surface area contributed by atoms with Gasteiger partial charge in [-0.15, -0.1) is 0 Å². The first-order chi connectivity index (χ1) is 15.5. The summed E-state index contributed by atoms with van der Waals surface area (Å²) in [5.74, 6) is 1.32. The molecule has 6 heteroatoms. The molecule has 2 amide bonds. The molecule has 0 radical (unpaired) electrons. The normalized spacial score (nSPS) is 11.5. The molecule has 1 unspecified atom stereocenters. The number of carbonyl (C=O) groups excluding carboxylic acids is 1. The van der Waals surface area contributed by atoms with Crippen LogP contribution in [0.1, 0.15) is 31.4 Å². The second kappa shape index (κ2) is 11.6. The van der Waals surface area contributed by atoms with Crippen LogP contribution in [-0.2, 0) is 13.2 Å². The largest absolute Gasteiger partial charge is 0.493 e. The molecule has 3 rings (SSSR count). The molecule has 1 N–H and O–H groups in total. The molecule has 168 valence electrons. The SMILES string of the molecule is CCC(C)N(Cc1ccc(OC)c(OCc2ccccc2)c1)C(=O)Nc1cccc(Br)c1. The fourth-order valence-electron chi connectivity index (χ4n) is 3.27. The number of anilines is 1. The predicted molar refractivity (Wildman–Crippen MR) is 132 cm³/mol. The van der Waals surface area contributed by atoms with Crippen molar-refractivity contribution in [1.29, 1.82) is 0 Å². The lowest BCUT2D eigenvalue weighted by molar-refractivity contribution is 0.187. The van der Waals surface area contributed by atoms with E-state index in [0.29, 0.717) is 24.7 Å². The van der Waals surface area contributed by atoms with E-state index in [4.69, 9.17) is 9.47 Å². The van der Waals surface area contributed by atoms with Crippen LogP contribution >= 0.6 is 15.9 Å². The Kier molecular flexibility index (Phi) is 8.56. The van der Waals surface area contributed by atoms with Gasteiger partial charge in [-0.25, -0.2) is 4.79 Å². The van der Waals surface area contributed by atoms with Crippen LogP contribution in [-0.4, -0.2) is 24.1 Å². The van der Waals surface area contributed by atoms with Gasteiger partial charge in [0.1, 0.15) is 6.61 Å². The summed E-state index contributed by atoms with van der Waals surface area (Å²) >= 11 is 3.45. The zero-order chi connectivity index (χ0) is 22.9. The van der Waals surface area contributed by atoms with Gasteiger partial charge in [0, 0.05) is 22.7 Å². The first-order valence-corrected chi connectivity index (χ1v) is 11.5. The summed E-state index contributed by atoms with van der Waals surface area (Å²) in [5, 5.41) is 3.00. The molecule has 0 saturated carbocycles. The number of carbonyl (C=O) groups is 1. The Hall–Kier alpha value is -2.99. The zero-order valence-electron chi connectivity index (χ0n) is 18.7. The lowest BCUT2D eigenvalue weighted by Gasteiger charge is -2.29. The molecule has 5 nitrogen and oxygen atoms in total. The number of hydrogen-bond donors (Lipinski definition) is 1. The monoisotopic (exact) mass is 496 g/mol. The van der Waals surface area contributed by atoms with Crippen molar-refractivity contribution in [3.8, 4) is 11.5 Å². The van der Waals surface area contributed by atoms with Gasteiger partial charge < -0.3 is 19.7 Å². The summed E-state index contributed by atoms with van der Waals surface area (Å²) in [6, 6.07) is 23.3. The third-order valence-corrected chi connectivity index (χ3v) is 5.77. The lowest BCUT2D eigenvalue weighted by atomic mass is 10.1. The number of urea groups is 1. The van der Waals surface area contributed by atoms with Crippen LogP contribution in [0, 0.1) is 0 Å². The first-order valence-electron chi connectivity index (χ1n) is 10.7. The molecule has 0 aliphatic carbocycles. The zero-order valence-corrected chi connectivity index (χ0v) is 20.3. The van der Waals surface area contributed by atoms with Gasteiger partial charge in [-0.05, 0) is 54.8 Å². The summed E-state index contributed by atoms with van der Waals surface area (Å²) in [6.07, 6.45) is 0.847.